The highest BCUT2D eigenvalue weighted by Gasteiger charge is 2.33. The van der Waals surface area contributed by atoms with E-state index in [1.165, 1.54) is 25.1 Å². The Bertz CT molecular complexity index is 944. The van der Waals surface area contributed by atoms with Crippen LogP contribution < -0.4 is 10.4 Å². The van der Waals surface area contributed by atoms with Gasteiger partial charge in [-0.2, -0.15) is 0 Å². The molecule has 3 rings (SSSR count). The number of aryl methyl sites for hydroxylation is 1. The van der Waals surface area contributed by atoms with Crippen LogP contribution in [0.2, 0.25) is 5.02 Å². The highest BCUT2D eigenvalue weighted by Crippen LogP contribution is 2.41. The fourth-order valence-electron chi connectivity index (χ4n) is 2.37. The standard InChI is InChI=1S/C15H10ClF3N2O2/c1-7-2-4-9(16)12(13(7)23-15(17,18)19)8-3-5-10-11(6-8)21-14(22)20-10/h2-6H,1H3,(H2,20,21,22). The summed E-state index contributed by atoms with van der Waals surface area (Å²) in [6.45, 7) is 1.50. The smallest absolute Gasteiger partial charge is 0.405 e. The number of halogens is 4. The SMILES string of the molecule is Cc1ccc(Cl)c(-c2ccc3[nH]c(=O)[nH]c3c2)c1OC(F)(F)F. The summed E-state index contributed by atoms with van der Waals surface area (Å²) in [6, 6.07) is 7.63. The Morgan fingerprint density at radius 1 is 1.09 bits per heavy atom. The number of alkyl halides is 3. The molecule has 0 bridgehead atoms. The molecule has 2 aromatic carbocycles. The zero-order valence-electron chi connectivity index (χ0n) is 11.7. The van der Waals surface area contributed by atoms with E-state index in [4.69, 9.17) is 11.6 Å². The predicted molar refractivity (Wildman–Crippen MR) is 80.8 cm³/mol. The molecule has 0 atom stereocenters. The number of fused-ring (bicyclic) bond motifs is 1. The van der Waals surface area contributed by atoms with E-state index >= 15 is 0 Å². The first-order chi connectivity index (χ1) is 10.7. The minimum atomic E-state index is -4.84. The highest BCUT2D eigenvalue weighted by molar-refractivity contribution is 6.33. The molecule has 120 valence electrons. The van der Waals surface area contributed by atoms with Crippen molar-refractivity contribution in [3.05, 3.63) is 51.4 Å². The van der Waals surface area contributed by atoms with E-state index in [-0.39, 0.29) is 16.3 Å². The normalized spacial score (nSPS) is 11.9. The molecule has 23 heavy (non-hydrogen) atoms. The number of aromatic amines is 2. The quantitative estimate of drug-likeness (QED) is 0.726. The Balaban J connectivity index is 2.24. The van der Waals surface area contributed by atoms with Crippen LogP contribution >= 0.6 is 11.6 Å². The molecule has 0 aliphatic heterocycles. The summed E-state index contributed by atoms with van der Waals surface area (Å²) >= 11 is 6.09. The van der Waals surface area contributed by atoms with Gasteiger partial charge in [0, 0.05) is 5.56 Å². The molecule has 1 aromatic heterocycles. The van der Waals surface area contributed by atoms with E-state index in [0.29, 0.717) is 22.2 Å². The molecular formula is C15H10ClF3N2O2. The molecule has 0 amide bonds. The van der Waals surface area contributed by atoms with Gasteiger partial charge in [0.25, 0.3) is 0 Å². The third-order valence-electron chi connectivity index (χ3n) is 3.33. The highest BCUT2D eigenvalue weighted by atomic mass is 35.5. The molecule has 0 aliphatic carbocycles. The maximum absolute atomic E-state index is 12.7. The van der Waals surface area contributed by atoms with Crippen molar-refractivity contribution >= 4 is 22.6 Å². The summed E-state index contributed by atoms with van der Waals surface area (Å²) in [5, 5.41) is 0.118. The second-order valence-electron chi connectivity index (χ2n) is 4.96. The van der Waals surface area contributed by atoms with Gasteiger partial charge in [0.2, 0.25) is 0 Å². The Labute approximate surface area is 132 Å². The van der Waals surface area contributed by atoms with Gasteiger partial charge in [-0.05, 0) is 36.2 Å². The first kappa shape index (κ1) is 15.5. The molecule has 3 aromatic rings. The van der Waals surface area contributed by atoms with Crippen LogP contribution in [-0.2, 0) is 0 Å². The lowest BCUT2D eigenvalue weighted by Gasteiger charge is -2.17. The first-order valence-corrected chi connectivity index (χ1v) is 6.89. The maximum atomic E-state index is 12.7. The largest absolute Gasteiger partial charge is 0.573 e. The van der Waals surface area contributed by atoms with Gasteiger partial charge < -0.3 is 14.7 Å². The Morgan fingerprint density at radius 2 is 1.78 bits per heavy atom. The number of hydrogen-bond donors (Lipinski definition) is 2. The average molecular weight is 343 g/mol. The number of ether oxygens (including phenoxy) is 1. The minimum absolute atomic E-state index is 0.118. The van der Waals surface area contributed by atoms with Crippen LogP contribution in [0.1, 0.15) is 5.56 Å². The third kappa shape index (κ3) is 3.05. The first-order valence-electron chi connectivity index (χ1n) is 6.52. The van der Waals surface area contributed by atoms with E-state index in [1.54, 1.807) is 12.1 Å². The molecule has 0 unspecified atom stereocenters. The second kappa shape index (κ2) is 5.34. The van der Waals surface area contributed by atoms with Gasteiger partial charge in [-0.15, -0.1) is 13.2 Å². The molecule has 8 heteroatoms. The lowest BCUT2D eigenvalue weighted by atomic mass is 10.0. The van der Waals surface area contributed by atoms with Crippen LogP contribution in [0.5, 0.6) is 5.75 Å². The fraction of sp³-hybridized carbons (Fsp3) is 0.133. The van der Waals surface area contributed by atoms with Crippen molar-refractivity contribution in [2.45, 2.75) is 13.3 Å². The van der Waals surface area contributed by atoms with Gasteiger partial charge >= 0.3 is 12.1 Å². The number of H-pyrrole nitrogens is 2. The Hall–Kier alpha value is -2.41. The summed E-state index contributed by atoms with van der Waals surface area (Å²) in [4.78, 5) is 16.4. The van der Waals surface area contributed by atoms with Gasteiger partial charge in [-0.3, -0.25) is 0 Å². The van der Waals surface area contributed by atoms with E-state index in [2.05, 4.69) is 14.7 Å². The van der Waals surface area contributed by atoms with Gasteiger partial charge in [0.05, 0.1) is 16.1 Å². The zero-order valence-corrected chi connectivity index (χ0v) is 12.5. The Kier molecular flexibility index (Phi) is 3.60. The topological polar surface area (TPSA) is 57.9 Å². The maximum Gasteiger partial charge on any atom is 0.573 e. The van der Waals surface area contributed by atoms with Gasteiger partial charge in [0.1, 0.15) is 5.75 Å². The van der Waals surface area contributed by atoms with Crippen molar-refractivity contribution in [1.29, 1.82) is 0 Å². The van der Waals surface area contributed by atoms with Crippen molar-refractivity contribution < 1.29 is 17.9 Å². The molecule has 4 nitrogen and oxygen atoms in total. The summed E-state index contributed by atoms with van der Waals surface area (Å²) in [5.41, 5.74) is 1.42. The van der Waals surface area contributed by atoms with Crippen LogP contribution in [0.3, 0.4) is 0 Å². The molecule has 0 spiro atoms. The number of nitrogens with one attached hydrogen (secondary N) is 2. The average Bonchev–Trinajstić information content (AvgIpc) is 2.81. The molecule has 1 heterocycles. The fourth-order valence-corrected chi connectivity index (χ4v) is 2.63. The molecule has 0 radical (unpaired) electrons. The number of aromatic nitrogens is 2. The van der Waals surface area contributed by atoms with Crippen molar-refractivity contribution in [2.24, 2.45) is 0 Å². The molecule has 2 N–H and O–H groups in total. The zero-order chi connectivity index (χ0) is 16.8. The lowest BCUT2D eigenvalue weighted by Crippen LogP contribution is -2.18. The molecule has 0 fully saturated rings. The van der Waals surface area contributed by atoms with E-state index in [9.17, 15) is 18.0 Å². The van der Waals surface area contributed by atoms with Crippen LogP contribution in [0.25, 0.3) is 22.2 Å². The van der Waals surface area contributed by atoms with E-state index in [0.717, 1.165) is 0 Å². The molecule has 0 saturated carbocycles. The molecule has 0 aliphatic rings. The van der Waals surface area contributed by atoms with Crippen LogP contribution in [0.15, 0.2) is 35.1 Å². The number of imidazole rings is 1. The van der Waals surface area contributed by atoms with Crippen molar-refractivity contribution in [2.75, 3.05) is 0 Å². The third-order valence-corrected chi connectivity index (χ3v) is 3.64. The Morgan fingerprint density at radius 3 is 2.48 bits per heavy atom. The summed E-state index contributed by atoms with van der Waals surface area (Å²) in [7, 11) is 0. The second-order valence-corrected chi connectivity index (χ2v) is 5.36. The van der Waals surface area contributed by atoms with E-state index < -0.39 is 12.1 Å². The summed E-state index contributed by atoms with van der Waals surface area (Å²) < 4.78 is 42.2. The predicted octanol–water partition coefficient (Wildman–Crippen LogP) is 4.38. The van der Waals surface area contributed by atoms with Crippen LogP contribution in [-0.4, -0.2) is 16.3 Å². The van der Waals surface area contributed by atoms with Crippen molar-refractivity contribution in [3.8, 4) is 16.9 Å². The van der Waals surface area contributed by atoms with Crippen LogP contribution in [0, 0.1) is 6.92 Å². The van der Waals surface area contributed by atoms with Crippen molar-refractivity contribution in [1.82, 2.24) is 9.97 Å². The number of hydrogen-bond acceptors (Lipinski definition) is 2. The van der Waals surface area contributed by atoms with Gasteiger partial charge in [-0.1, -0.05) is 23.7 Å². The minimum Gasteiger partial charge on any atom is -0.405 e. The van der Waals surface area contributed by atoms with E-state index in [1.807, 2.05) is 0 Å². The molecule has 0 saturated heterocycles. The van der Waals surface area contributed by atoms with Gasteiger partial charge in [-0.25, -0.2) is 4.79 Å². The number of benzene rings is 2. The van der Waals surface area contributed by atoms with Gasteiger partial charge in [0.15, 0.2) is 0 Å². The van der Waals surface area contributed by atoms with Crippen molar-refractivity contribution in [3.63, 3.8) is 0 Å². The molecular weight excluding hydrogens is 333 g/mol. The summed E-state index contributed by atoms with van der Waals surface area (Å²) in [5.74, 6) is -0.359. The van der Waals surface area contributed by atoms with Crippen LogP contribution in [0.4, 0.5) is 13.2 Å². The number of rotatable bonds is 2. The summed E-state index contributed by atoms with van der Waals surface area (Å²) in [6.07, 6.45) is -4.84. The monoisotopic (exact) mass is 342 g/mol. The lowest BCUT2D eigenvalue weighted by molar-refractivity contribution is -0.274.